The molecule has 2 rings (SSSR count). The molecule has 1 aromatic heterocycles. The van der Waals surface area contributed by atoms with Gasteiger partial charge in [-0.2, -0.15) is 0 Å². The number of hydrogen-bond donors (Lipinski definition) is 1. The Morgan fingerprint density at radius 1 is 0.900 bits per heavy atom. The van der Waals surface area contributed by atoms with Crippen molar-refractivity contribution < 1.29 is 9.90 Å². The van der Waals surface area contributed by atoms with Crippen LogP contribution < -0.4 is 0 Å². The number of hydrogen-bond acceptors (Lipinski definition) is 4. The predicted molar refractivity (Wildman–Crippen MR) is 123 cm³/mol. The third-order valence-electron chi connectivity index (χ3n) is 5.75. The number of carbonyl (C=O) groups is 1. The molecule has 0 aliphatic carbocycles. The minimum absolute atomic E-state index is 0.255. The molecule has 0 amide bonds. The Kier molecular flexibility index (Phi) is 11.5. The van der Waals surface area contributed by atoms with E-state index < -0.39 is 5.97 Å². The van der Waals surface area contributed by atoms with Gasteiger partial charge in [-0.3, -0.25) is 4.90 Å². The first kappa shape index (κ1) is 24.3. The first-order valence-electron chi connectivity index (χ1n) is 11.9. The molecule has 0 aliphatic heterocycles. The average molecular weight is 417 g/mol. The number of nitrogens with zero attached hydrogens (tertiary/aromatic N) is 4. The standard InChI is InChI=1S/C24H40N4O2/c1-3-5-7-9-11-13-17-27(18-14-12-10-8-6-4-2)20-28-23-16-15-21(24(29)30)19-22(23)25-26-28/h15-16,19H,3-14,17-18,20H2,1-2H3,(H,29,30). The van der Waals surface area contributed by atoms with Crippen LogP contribution in [0.2, 0.25) is 0 Å². The highest BCUT2D eigenvalue weighted by molar-refractivity contribution is 5.92. The van der Waals surface area contributed by atoms with Gasteiger partial charge in [0.2, 0.25) is 0 Å². The van der Waals surface area contributed by atoms with E-state index in [0.717, 1.165) is 18.6 Å². The first-order chi connectivity index (χ1) is 14.7. The summed E-state index contributed by atoms with van der Waals surface area (Å²) in [6.45, 7) is 7.38. The molecule has 0 unspecified atom stereocenters. The number of carboxylic acid groups (broad SMARTS) is 1. The van der Waals surface area contributed by atoms with Crippen LogP contribution in [0.5, 0.6) is 0 Å². The zero-order valence-electron chi connectivity index (χ0n) is 19.0. The maximum absolute atomic E-state index is 11.2. The second-order valence-electron chi connectivity index (χ2n) is 8.39. The molecule has 1 heterocycles. The van der Waals surface area contributed by atoms with Crippen LogP contribution in [0.3, 0.4) is 0 Å². The molecule has 0 saturated heterocycles. The second kappa shape index (κ2) is 14.1. The van der Waals surface area contributed by atoms with Gasteiger partial charge in [-0.1, -0.05) is 83.3 Å². The molecule has 0 spiro atoms. The minimum atomic E-state index is -0.931. The lowest BCUT2D eigenvalue weighted by atomic mass is 10.1. The van der Waals surface area contributed by atoms with Crippen molar-refractivity contribution in [3.63, 3.8) is 0 Å². The molecule has 0 aliphatic rings. The molecule has 0 fully saturated rings. The van der Waals surface area contributed by atoms with Gasteiger partial charge >= 0.3 is 5.97 Å². The molecule has 30 heavy (non-hydrogen) atoms. The summed E-state index contributed by atoms with van der Waals surface area (Å²) in [6, 6.07) is 5.07. The molecular weight excluding hydrogens is 376 g/mol. The topological polar surface area (TPSA) is 71.2 Å². The number of unbranched alkanes of at least 4 members (excludes halogenated alkanes) is 10. The van der Waals surface area contributed by atoms with Crippen molar-refractivity contribution in [2.75, 3.05) is 13.1 Å². The quantitative estimate of drug-likeness (QED) is 0.315. The highest BCUT2D eigenvalue weighted by atomic mass is 16.4. The summed E-state index contributed by atoms with van der Waals surface area (Å²) in [5.74, 6) is -0.931. The molecule has 168 valence electrons. The van der Waals surface area contributed by atoms with Gasteiger partial charge in [0.15, 0.2) is 0 Å². The maximum atomic E-state index is 11.2. The van der Waals surface area contributed by atoms with E-state index in [4.69, 9.17) is 0 Å². The number of rotatable bonds is 17. The van der Waals surface area contributed by atoms with Gasteiger partial charge in [-0.05, 0) is 44.1 Å². The number of benzene rings is 1. The van der Waals surface area contributed by atoms with Crippen LogP contribution in [0.25, 0.3) is 11.0 Å². The lowest BCUT2D eigenvalue weighted by Gasteiger charge is -2.22. The summed E-state index contributed by atoms with van der Waals surface area (Å²) in [5.41, 5.74) is 1.80. The summed E-state index contributed by atoms with van der Waals surface area (Å²) in [6.07, 6.45) is 15.6. The fraction of sp³-hybridized carbons (Fsp3) is 0.708. The summed E-state index contributed by atoms with van der Waals surface area (Å²) in [4.78, 5) is 13.7. The largest absolute Gasteiger partial charge is 0.478 e. The number of fused-ring (bicyclic) bond motifs is 1. The molecule has 0 radical (unpaired) electrons. The zero-order chi connectivity index (χ0) is 21.6. The summed E-state index contributed by atoms with van der Waals surface area (Å²) in [5, 5.41) is 17.7. The SMILES string of the molecule is CCCCCCCCN(CCCCCCCC)Cn1nnc2cc(C(=O)O)ccc21. The van der Waals surface area contributed by atoms with Crippen LogP contribution in [0.4, 0.5) is 0 Å². The van der Waals surface area contributed by atoms with Gasteiger partial charge in [-0.15, -0.1) is 5.10 Å². The van der Waals surface area contributed by atoms with Crippen LogP contribution in [0, 0.1) is 0 Å². The van der Waals surface area contributed by atoms with Crippen molar-refractivity contribution in [2.45, 2.75) is 97.6 Å². The Morgan fingerprint density at radius 2 is 1.47 bits per heavy atom. The van der Waals surface area contributed by atoms with Crippen molar-refractivity contribution in [2.24, 2.45) is 0 Å². The van der Waals surface area contributed by atoms with Crippen molar-refractivity contribution in [3.8, 4) is 0 Å². The van der Waals surface area contributed by atoms with E-state index in [-0.39, 0.29) is 5.56 Å². The molecular formula is C24H40N4O2. The van der Waals surface area contributed by atoms with E-state index in [0.29, 0.717) is 12.2 Å². The van der Waals surface area contributed by atoms with E-state index in [9.17, 15) is 9.90 Å². The van der Waals surface area contributed by atoms with Crippen LogP contribution in [-0.2, 0) is 6.67 Å². The number of aromatic carboxylic acids is 1. The first-order valence-corrected chi connectivity index (χ1v) is 11.9. The molecule has 0 bridgehead atoms. The van der Waals surface area contributed by atoms with Crippen LogP contribution in [0.15, 0.2) is 18.2 Å². The molecule has 1 N–H and O–H groups in total. The predicted octanol–water partition coefficient (Wildman–Crippen LogP) is 6.11. The van der Waals surface area contributed by atoms with Gasteiger partial charge < -0.3 is 5.11 Å². The normalized spacial score (nSPS) is 11.6. The van der Waals surface area contributed by atoms with Gasteiger partial charge in [0.25, 0.3) is 0 Å². The number of carboxylic acids is 1. The molecule has 0 saturated carbocycles. The highest BCUT2D eigenvalue weighted by Crippen LogP contribution is 2.15. The Bertz CT molecular complexity index is 728. The Labute approximate surface area is 181 Å². The van der Waals surface area contributed by atoms with E-state index in [1.807, 2.05) is 10.7 Å². The van der Waals surface area contributed by atoms with Crippen molar-refractivity contribution in [1.82, 2.24) is 19.9 Å². The summed E-state index contributed by atoms with van der Waals surface area (Å²) >= 11 is 0. The van der Waals surface area contributed by atoms with Crippen molar-refractivity contribution in [3.05, 3.63) is 23.8 Å². The summed E-state index contributed by atoms with van der Waals surface area (Å²) < 4.78 is 1.91. The van der Waals surface area contributed by atoms with Crippen molar-refractivity contribution >= 4 is 17.0 Å². The monoisotopic (exact) mass is 416 g/mol. The van der Waals surface area contributed by atoms with E-state index in [2.05, 4.69) is 29.1 Å². The Hall–Kier alpha value is -1.95. The smallest absolute Gasteiger partial charge is 0.335 e. The van der Waals surface area contributed by atoms with Gasteiger partial charge in [-0.25, -0.2) is 9.48 Å². The van der Waals surface area contributed by atoms with E-state index >= 15 is 0 Å². The van der Waals surface area contributed by atoms with Gasteiger partial charge in [0.05, 0.1) is 17.7 Å². The highest BCUT2D eigenvalue weighted by Gasteiger charge is 2.12. The van der Waals surface area contributed by atoms with Gasteiger partial charge in [0.1, 0.15) is 5.52 Å². The van der Waals surface area contributed by atoms with Crippen LogP contribution in [-0.4, -0.2) is 44.1 Å². The maximum Gasteiger partial charge on any atom is 0.335 e. The van der Waals surface area contributed by atoms with Crippen molar-refractivity contribution in [1.29, 1.82) is 0 Å². The third-order valence-corrected chi connectivity index (χ3v) is 5.75. The summed E-state index contributed by atoms with van der Waals surface area (Å²) in [7, 11) is 0. The zero-order valence-corrected chi connectivity index (χ0v) is 19.0. The van der Waals surface area contributed by atoms with Gasteiger partial charge in [0, 0.05) is 0 Å². The minimum Gasteiger partial charge on any atom is -0.478 e. The lowest BCUT2D eigenvalue weighted by Crippen LogP contribution is -2.29. The number of aromatic nitrogens is 3. The molecule has 0 atom stereocenters. The fourth-order valence-electron chi connectivity index (χ4n) is 3.88. The molecule has 6 heteroatoms. The molecule has 6 nitrogen and oxygen atoms in total. The molecule has 2 aromatic rings. The Morgan fingerprint density at radius 3 is 2.03 bits per heavy atom. The third kappa shape index (κ3) is 8.42. The van der Waals surface area contributed by atoms with Crippen LogP contribution >= 0.6 is 0 Å². The second-order valence-corrected chi connectivity index (χ2v) is 8.39. The molecule has 1 aromatic carbocycles. The fourth-order valence-corrected chi connectivity index (χ4v) is 3.88. The van der Waals surface area contributed by atoms with Crippen LogP contribution in [0.1, 0.15) is 101 Å². The lowest BCUT2D eigenvalue weighted by molar-refractivity contribution is 0.0697. The van der Waals surface area contributed by atoms with E-state index in [1.165, 1.54) is 77.0 Å². The average Bonchev–Trinajstić information content (AvgIpc) is 3.14. The van der Waals surface area contributed by atoms with E-state index in [1.54, 1.807) is 12.1 Å². The Balaban J connectivity index is 1.91.